The van der Waals surface area contributed by atoms with Gasteiger partial charge in [-0.25, -0.2) is 8.42 Å². The zero-order valence-electron chi connectivity index (χ0n) is 15.6. The molecule has 1 saturated heterocycles. The molecule has 1 saturated carbocycles. The third-order valence-corrected chi connectivity index (χ3v) is 6.46. The van der Waals surface area contributed by atoms with E-state index < -0.39 is 16.1 Å². The standard InChI is InChI=1S/C18H25N3O5S/c1-13(19-27(24,25)16-7-5-15(26-2)6-8-16)17(22)20-9-11-21(12-10-20)18(23)14-3-4-14/h5-8,13-14,19H,3-4,9-12H2,1-2H3/t13-/m0/s1. The highest BCUT2D eigenvalue weighted by Gasteiger charge is 2.36. The first-order valence-corrected chi connectivity index (χ1v) is 10.5. The van der Waals surface area contributed by atoms with Crippen molar-refractivity contribution in [3.8, 4) is 5.75 Å². The number of benzene rings is 1. The SMILES string of the molecule is COc1ccc(S(=O)(=O)N[C@@H](C)C(=O)N2CCN(C(=O)C3CC3)CC2)cc1. The third-order valence-electron chi connectivity index (χ3n) is 4.90. The number of hydrogen-bond donors (Lipinski definition) is 1. The lowest BCUT2D eigenvalue weighted by Gasteiger charge is -2.36. The van der Waals surface area contributed by atoms with E-state index >= 15 is 0 Å². The number of methoxy groups -OCH3 is 1. The monoisotopic (exact) mass is 395 g/mol. The Hall–Kier alpha value is -2.13. The van der Waals surface area contributed by atoms with Crippen LogP contribution in [-0.4, -0.2) is 69.4 Å². The van der Waals surface area contributed by atoms with Crippen LogP contribution in [0.15, 0.2) is 29.2 Å². The molecule has 2 aliphatic rings. The van der Waals surface area contributed by atoms with Gasteiger partial charge >= 0.3 is 0 Å². The molecule has 1 aromatic rings. The number of piperazine rings is 1. The number of carbonyl (C=O) groups is 2. The molecule has 1 N–H and O–H groups in total. The number of nitrogens with zero attached hydrogens (tertiary/aromatic N) is 2. The van der Waals surface area contributed by atoms with Gasteiger partial charge in [0.1, 0.15) is 5.75 Å². The van der Waals surface area contributed by atoms with Crippen molar-refractivity contribution in [2.45, 2.75) is 30.7 Å². The Morgan fingerprint density at radius 1 is 1.07 bits per heavy atom. The van der Waals surface area contributed by atoms with E-state index in [4.69, 9.17) is 4.74 Å². The van der Waals surface area contributed by atoms with Crippen molar-refractivity contribution in [3.05, 3.63) is 24.3 Å². The molecule has 0 unspecified atom stereocenters. The van der Waals surface area contributed by atoms with Crippen LogP contribution < -0.4 is 9.46 Å². The van der Waals surface area contributed by atoms with Gasteiger partial charge in [-0.3, -0.25) is 9.59 Å². The summed E-state index contributed by atoms with van der Waals surface area (Å²) in [6.45, 7) is 3.38. The normalized spacial score (nSPS) is 18.9. The van der Waals surface area contributed by atoms with E-state index in [1.807, 2.05) is 0 Å². The molecule has 27 heavy (non-hydrogen) atoms. The Balaban J connectivity index is 1.56. The largest absolute Gasteiger partial charge is 0.497 e. The van der Waals surface area contributed by atoms with Crippen LogP contribution in [0.25, 0.3) is 0 Å². The lowest BCUT2D eigenvalue weighted by Crippen LogP contribution is -2.55. The Morgan fingerprint density at radius 2 is 1.63 bits per heavy atom. The van der Waals surface area contributed by atoms with Gasteiger partial charge in [-0.05, 0) is 44.0 Å². The molecular formula is C18H25N3O5S. The van der Waals surface area contributed by atoms with E-state index in [1.54, 1.807) is 21.9 Å². The molecular weight excluding hydrogens is 370 g/mol. The highest BCUT2D eigenvalue weighted by molar-refractivity contribution is 7.89. The minimum absolute atomic E-state index is 0.0720. The van der Waals surface area contributed by atoms with Gasteiger partial charge in [0, 0.05) is 32.1 Å². The molecule has 0 bridgehead atoms. The number of carbonyl (C=O) groups excluding carboxylic acids is 2. The van der Waals surface area contributed by atoms with Crippen LogP contribution in [0.1, 0.15) is 19.8 Å². The summed E-state index contributed by atoms with van der Waals surface area (Å²) in [4.78, 5) is 28.2. The molecule has 9 heteroatoms. The first kappa shape index (κ1) is 19.6. The van der Waals surface area contributed by atoms with Crippen LogP contribution in [0.3, 0.4) is 0 Å². The van der Waals surface area contributed by atoms with Gasteiger partial charge in [0.25, 0.3) is 0 Å². The van der Waals surface area contributed by atoms with Gasteiger partial charge in [-0.2, -0.15) is 4.72 Å². The van der Waals surface area contributed by atoms with E-state index in [0.717, 1.165) is 12.8 Å². The lowest BCUT2D eigenvalue weighted by molar-refractivity contribution is -0.140. The van der Waals surface area contributed by atoms with Crippen molar-refractivity contribution in [2.24, 2.45) is 5.92 Å². The molecule has 1 heterocycles. The zero-order valence-corrected chi connectivity index (χ0v) is 16.4. The average Bonchev–Trinajstić information content (AvgIpc) is 3.52. The minimum Gasteiger partial charge on any atom is -0.497 e. The highest BCUT2D eigenvalue weighted by atomic mass is 32.2. The van der Waals surface area contributed by atoms with Crippen LogP contribution in [-0.2, 0) is 19.6 Å². The van der Waals surface area contributed by atoms with Gasteiger partial charge in [-0.1, -0.05) is 0 Å². The molecule has 0 radical (unpaired) electrons. The van der Waals surface area contributed by atoms with Gasteiger partial charge in [0.2, 0.25) is 21.8 Å². The van der Waals surface area contributed by atoms with E-state index in [2.05, 4.69) is 4.72 Å². The van der Waals surface area contributed by atoms with Gasteiger partial charge in [-0.15, -0.1) is 0 Å². The number of sulfonamides is 1. The van der Waals surface area contributed by atoms with E-state index in [0.29, 0.717) is 31.9 Å². The first-order valence-electron chi connectivity index (χ1n) is 9.06. The summed E-state index contributed by atoms with van der Waals surface area (Å²) in [6, 6.07) is 5.08. The van der Waals surface area contributed by atoms with E-state index in [1.165, 1.54) is 26.2 Å². The number of nitrogens with one attached hydrogen (secondary N) is 1. The van der Waals surface area contributed by atoms with Crippen molar-refractivity contribution >= 4 is 21.8 Å². The Labute approximate surface area is 159 Å². The predicted octanol–water partition coefficient (Wildman–Crippen LogP) is 0.443. The summed E-state index contributed by atoms with van der Waals surface area (Å²) in [5.74, 6) is 0.611. The fourth-order valence-corrected chi connectivity index (χ4v) is 4.31. The Morgan fingerprint density at radius 3 is 2.15 bits per heavy atom. The number of rotatable bonds is 6. The quantitative estimate of drug-likeness (QED) is 0.754. The van der Waals surface area contributed by atoms with Crippen LogP contribution in [0.4, 0.5) is 0 Å². The smallest absolute Gasteiger partial charge is 0.241 e. The summed E-state index contributed by atoms with van der Waals surface area (Å²) in [5.41, 5.74) is 0. The average molecular weight is 395 g/mol. The Kier molecular flexibility index (Phi) is 5.71. The molecule has 8 nitrogen and oxygen atoms in total. The molecule has 1 atom stereocenters. The second-order valence-electron chi connectivity index (χ2n) is 6.94. The van der Waals surface area contributed by atoms with Crippen molar-refractivity contribution < 1.29 is 22.7 Å². The number of amides is 2. The van der Waals surface area contributed by atoms with E-state index in [-0.39, 0.29) is 22.6 Å². The maximum absolute atomic E-state index is 12.6. The highest BCUT2D eigenvalue weighted by Crippen LogP contribution is 2.31. The molecule has 1 aromatic carbocycles. The number of ether oxygens (including phenoxy) is 1. The van der Waals surface area contributed by atoms with Crippen LogP contribution in [0.5, 0.6) is 5.75 Å². The van der Waals surface area contributed by atoms with E-state index in [9.17, 15) is 18.0 Å². The zero-order chi connectivity index (χ0) is 19.6. The fraction of sp³-hybridized carbons (Fsp3) is 0.556. The lowest BCUT2D eigenvalue weighted by atomic mass is 10.2. The van der Waals surface area contributed by atoms with Crippen LogP contribution in [0, 0.1) is 5.92 Å². The predicted molar refractivity (Wildman–Crippen MR) is 98.7 cm³/mol. The van der Waals surface area contributed by atoms with Gasteiger partial charge < -0.3 is 14.5 Å². The molecule has 3 rings (SSSR count). The maximum atomic E-state index is 12.6. The summed E-state index contributed by atoms with van der Waals surface area (Å²) in [7, 11) is -2.31. The van der Waals surface area contributed by atoms with Crippen molar-refractivity contribution in [2.75, 3.05) is 33.3 Å². The summed E-state index contributed by atoms with van der Waals surface area (Å²) < 4.78 is 32.4. The van der Waals surface area contributed by atoms with Crippen LogP contribution in [0.2, 0.25) is 0 Å². The van der Waals surface area contributed by atoms with Crippen molar-refractivity contribution in [3.63, 3.8) is 0 Å². The van der Waals surface area contributed by atoms with Gasteiger partial charge in [0.15, 0.2) is 0 Å². The molecule has 148 valence electrons. The maximum Gasteiger partial charge on any atom is 0.241 e. The molecule has 2 amide bonds. The first-order chi connectivity index (χ1) is 12.8. The minimum atomic E-state index is -3.81. The second-order valence-corrected chi connectivity index (χ2v) is 8.66. The summed E-state index contributed by atoms with van der Waals surface area (Å²) in [6.07, 6.45) is 1.92. The van der Waals surface area contributed by atoms with Crippen molar-refractivity contribution in [1.82, 2.24) is 14.5 Å². The summed E-state index contributed by atoms with van der Waals surface area (Å²) >= 11 is 0. The third kappa shape index (κ3) is 4.59. The molecule has 0 aromatic heterocycles. The van der Waals surface area contributed by atoms with Crippen molar-refractivity contribution in [1.29, 1.82) is 0 Å². The number of hydrogen-bond acceptors (Lipinski definition) is 5. The van der Waals surface area contributed by atoms with Crippen LogP contribution >= 0.6 is 0 Å². The molecule has 0 spiro atoms. The molecule has 1 aliphatic carbocycles. The summed E-state index contributed by atoms with van der Waals surface area (Å²) in [5, 5.41) is 0. The fourth-order valence-electron chi connectivity index (χ4n) is 3.12. The topological polar surface area (TPSA) is 96.0 Å². The molecule has 1 aliphatic heterocycles. The molecule has 2 fully saturated rings. The van der Waals surface area contributed by atoms with Gasteiger partial charge in [0.05, 0.1) is 18.0 Å². The second kappa shape index (κ2) is 7.85. The Bertz CT molecular complexity index is 797.